The van der Waals surface area contributed by atoms with Gasteiger partial charge >= 0.3 is 12.2 Å². The number of likely N-dealkylation sites (tertiary alicyclic amines) is 1. The molecule has 1 fully saturated rings. The normalized spacial score (nSPS) is 19.7. The van der Waals surface area contributed by atoms with Gasteiger partial charge in [-0.2, -0.15) is 0 Å². The molecule has 8 heteroatoms. The Kier molecular flexibility index (Phi) is 8.15. The molecule has 1 aliphatic heterocycles. The fourth-order valence-corrected chi connectivity index (χ4v) is 4.04. The summed E-state index contributed by atoms with van der Waals surface area (Å²) in [6.07, 6.45) is 1.48. The molecule has 2 rings (SSSR count). The van der Waals surface area contributed by atoms with Gasteiger partial charge in [0.2, 0.25) is 0 Å². The first kappa shape index (κ1) is 25.6. The number of ether oxygens (including phenoxy) is 2. The smallest absolute Gasteiger partial charge is 0.410 e. The number of hydrogen-bond donors (Lipinski definition) is 1. The van der Waals surface area contributed by atoms with E-state index in [2.05, 4.69) is 5.32 Å². The summed E-state index contributed by atoms with van der Waals surface area (Å²) in [6, 6.07) is 5.57. The van der Waals surface area contributed by atoms with Crippen molar-refractivity contribution in [3.05, 3.63) is 33.8 Å². The molecule has 0 bridgehead atoms. The molecule has 1 saturated heterocycles. The average molecular weight is 473 g/mol. The zero-order chi connectivity index (χ0) is 23.4. The second kappa shape index (κ2) is 9.86. The van der Waals surface area contributed by atoms with Gasteiger partial charge in [-0.05, 0) is 78.5 Å². The largest absolute Gasteiger partial charge is 0.444 e. The summed E-state index contributed by atoms with van der Waals surface area (Å²) < 4.78 is 10.9. The van der Waals surface area contributed by atoms with Gasteiger partial charge in [-0.25, -0.2) is 9.59 Å². The summed E-state index contributed by atoms with van der Waals surface area (Å²) in [5.74, 6) is 0. The number of carbonyl (C=O) groups is 2. The van der Waals surface area contributed by atoms with Gasteiger partial charge in [-0.3, -0.25) is 0 Å². The minimum atomic E-state index is -0.570. The highest BCUT2D eigenvalue weighted by molar-refractivity contribution is 6.42. The number of rotatable bonds is 4. The van der Waals surface area contributed by atoms with Gasteiger partial charge in [-0.1, -0.05) is 29.3 Å². The molecule has 1 aromatic rings. The molecule has 0 spiro atoms. The Bertz CT molecular complexity index is 802. The third-order valence-electron chi connectivity index (χ3n) is 5.03. The molecule has 31 heavy (non-hydrogen) atoms. The van der Waals surface area contributed by atoms with Crippen LogP contribution in [-0.2, 0) is 14.9 Å². The summed E-state index contributed by atoms with van der Waals surface area (Å²) in [5.41, 5.74) is -0.539. The van der Waals surface area contributed by atoms with Crippen LogP contribution >= 0.6 is 23.2 Å². The zero-order valence-electron chi connectivity index (χ0n) is 19.3. The quantitative estimate of drug-likeness (QED) is 0.567. The van der Waals surface area contributed by atoms with Crippen molar-refractivity contribution in [1.82, 2.24) is 10.2 Å². The van der Waals surface area contributed by atoms with Crippen molar-refractivity contribution in [2.24, 2.45) is 0 Å². The minimum Gasteiger partial charge on any atom is -0.444 e. The standard InChI is InChI=1S/C23H34Cl2N2O4/c1-21(2,3)30-19(28)26-12-11-23(16-8-9-17(24)18(25)14-16)10-7-13-27(15-23)20(29)31-22(4,5)6/h8-9,14H,7,10-13,15H2,1-6H3,(H,26,28). The Balaban J connectivity index is 2.23. The van der Waals surface area contributed by atoms with Crippen LogP contribution in [0.25, 0.3) is 0 Å². The van der Waals surface area contributed by atoms with Gasteiger partial charge in [0.1, 0.15) is 11.2 Å². The van der Waals surface area contributed by atoms with Gasteiger partial charge in [0, 0.05) is 25.0 Å². The molecule has 6 nitrogen and oxygen atoms in total. The molecule has 1 N–H and O–H groups in total. The lowest BCUT2D eigenvalue weighted by Gasteiger charge is -2.43. The molecule has 0 aliphatic carbocycles. The third-order valence-corrected chi connectivity index (χ3v) is 5.77. The van der Waals surface area contributed by atoms with Crippen LogP contribution in [0.15, 0.2) is 18.2 Å². The lowest BCUT2D eigenvalue weighted by Crippen LogP contribution is -2.51. The number of amides is 2. The topological polar surface area (TPSA) is 67.9 Å². The highest BCUT2D eigenvalue weighted by Gasteiger charge is 2.40. The van der Waals surface area contributed by atoms with E-state index in [1.807, 2.05) is 53.7 Å². The van der Waals surface area contributed by atoms with Gasteiger partial charge in [0.05, 0.1) is 10.0 Å². The van der Waals surface area contributed by atoms with Gasteiger partial charge < -0.3 is 19.7 Å². The highest BCUT2D eigenvalue weighted by Crippen LogP contribution is 2.39. The number of nitrogens with one attached hydrogen (secondary N) is 1. The van der Waals surface area contributed by atoms with Crippen LogP contribution in [0.3, 0.4) is 0 Å². The van der Waals surface area contributed by atoms with Crippen LogP contribution in [-0.4, -0.2) is 47.9 Å². The highest BCUT2D eigenvalue weighted by atomic mass is 35.5. The van der Waals surface area contributed by atoms with Gasteiger partial charge in [0.25, 0.3) is 0 Å². The monoisotopic (exact) mass is 472 g/mol. The van der Waals surface area contributed by atoms with E-state index in [1.165, 1.54) is 0 Å². The van der Waals surface area contributed by atoms with Crippen LogP contribution in [0, 0.1) is 0 Å². The number of carbonyl (C=O) groups excluding carboxylic acids is 2. The summed E-state index contributed by atoms with van der Waals surface area (Å²) in [5, 5.41) is 3.78. The van der Waals surface area contributed by atoms with E-state index in [0.717, 1.165) is 18.4 Å². The molecule has 1 aromatic carbocycles. The number of benzene rings is 1. The maximum absolute atomic E-state index is 12.8. The number of nitrogens with zero attached hydrogens (tertiary/aromatic N) is 1. The number of halogens is 2. The van der Waals surface area contributed by atoms with Crippen molar-refractivity contribution in [1.29, 1.82) is 0 Å². The Morgan fingerprint density at radius 3 is 2.29 bits per heavy atom. The van der Waals surface area contributed by atoms with Crippen LogP contribution < -0.4 is 5.32 Å². The van der Waals surface area contributed by atoms with E-state index >= 15 is 0 Å². The molecular weight excluding hydrogens is 439 g/mol. The predicted octanol–water partition coefficient (Wildman–Crippen LogP) is 6.18. The average Bonchev–Trinajstić information content (AvgIpc) is 2.61. The van der Waals surface area contributed by atoms with E-state index in [1.54, 1.807) is 11.0 Å². The second-order valence-electron chi connectivity index (χ2n) is 10.1. The molecule has 174 valence electrons. The first-order valence-corrected chi connectivity index (χ1v) is 11.4. The van der Waals surface area contributed by atoms with Crippen molar-refractivity contribution in [2.45, 2.75) is 77.4 Å². The van der Waals surface area contributed by atoms with Crippen LogP contribution in [0.4, 0.5) is 9.59 Å². The lowest BCUT2D eigenvalue weighted by atomic mass is 9.71. The van der Waals surface area contributed by atoms with Crippen molar-refractivity contribution >= 4 is 35.4 Å². The number of piperidine rings is 1. The maximum atomic E-state index is 12.8. The van der Waals surface area contributed by atoms with Crippen molar-refractivity contribution in [3.63, 3.8) is 0 Å². The van der Waals surface area contributed by atoms with E-state index < -0.39 is 22.7 Å². The molecule has 1 aliphatic rings. The molecular formula is C23H34Cl2N2O4. The van der Waals surface area contributed by atoms with Crippen LogP contribution in [0.5, 0.6) is 0 Å². The van der Waals surface area contributed by atoms with Crippen molar-refractivity contribution in [2.75, 3.05) is 19.6 Å². The fraction of sp³-hybridized carbons (Fsp3) is 0.652. The van der Waals surface area contributed by atoms with Crippen molar-refractivity contribution in [3.8, 4) is 0 Å². The first-order valence-electron chi connectivity index (χ1n) is 10.6. The summed E-state index contributed by atoms with van der Waals surface area (Å²) in [4.78, 5) is 26.6. The summed E-state index contributed by atoms with van der Waals surface area (Å²) >= 11 is 12.4. The number of alkyl carbamates (subject to hydrolysis) is 1. The lowest BCUT2D eigenvalue weighted by molar-refractivity contribution is 0.0123. The van der Waals surface area contributed by atoms with Crippen LogP contribution in [0.2, 0.25) is 10.0 Å². The predicted molar refractivity (Wildman–Crippen MR) is 124 cm³/mol. The fourth-order valence-electron chi connectivity index (χ4n) is 3.74. The minimum absolute atomic E-state index is 0.336. The summed E-state index contributed by atoms with van der Waals surface area (Å²) in [7, 11) is 0. The Labute approximate surface area is 195 Å². The molecule has 0 radical (unpaired) electrons. The second-order valence-corrected chi connectivity index (χ2v) is 10.9. The maximum Gasteiger partial charge on any atom is 0.410 e. The molecule has 1 unspecified atom stereocenters. The number of hydrogen-bond acceptors (Lipinski definition) is 4. The Morgan fingerprint density at radius 1 is 1.06 bits per heavy atom. The molecule has 1 atom stereocenters. The SMILES string of the molecule is CC(C)(C)OC(=O)NCCC1(c2ccc(Cl)c(Cl)c2)CCCN(C(=O)OC(C)(C)C)C1. The molecule has 1 heterocycles. The molecule has 0 saturated carbocycles. The van der Waals surface area contributed by atoms with Crippen molar-refractivity contribution < 1.29 is 19.1 Å². The first-order chi connectivity index (χ1) is 14.2. The summed E-state index contributed by atoms with van der Waals surface area (Å²) in [6.45, 7) is 12.5. The van der Waals surface area contributed by atoms with E-state index in [-0.39, 0.29) is 6.09 Å². The molecule has 0 aromatic heterocycles. The van der Waals surface area contributed by atoms with E-state index in [0.29, 0.717) is 36.1 Å². The Morgan fingerprint density at radius 2 is 1.71 bits per heavy atom. The zero-order valence-corrected chi connectivity index (χ0v) is 20.8. The van der Waals surface area contributed by atoms with Gasteiger partial charge in [-0.15, -0.1) is 0 Å². The van der Waals surface area contributed by atoms with E-state index in [9.17, 15) is 9.59 Å². The van der Waals surface area contributed by atoms with Gasteiger partial charge in [0.15, 0.2) is 0 Å². The Hall–Kier alpha value is -1.66. The third kappa shape index (κ3) is 7.76. The van der Waals surface area contributed by atoms with Crippen LogP contribution in [0.1, 0.15) is 66.4 Å². The molecule has 2 amide bonds. The van der Waals surface area contributed by atoms with E-state index in [4.69, 9.17) is 32.7 Å².